The molecule has 0 saturated heterocycles. The predicted octanol–water partition coefficient (Wildman–Crippen LogP) is 3.00. The van der Waals surface area contributed by atoms with Crippen LogP contribution < -0.4 is 10.2 Å². The highest BCUT2D eigenvalue weighted by Crippen LogP contribution is 2.41. The van der Waals surface area contributed by atoms with Gasteiger partial charge >= 0.3 is 0 Å². The number of nitrogens with zero attached hydrogens (tertiary/aromatic N) is 4. The summed E-state index contributed by atoms with van der Waals surface area (Å²) in [4.78, 5) is 16.4. The van der Waals surface area contributed by atoms with E-state index in [4.69, 9.17) is 15.0 Å². The van der Waals surface area contributed by atoms with Crippen LogP contribution in [0.4, 0.5) is 11.8 Å². The highest BCUT2D eigenvalue weighted by atomic mass is 32.1. The molecule has 0 unspecified atom stereocenters. The van der Waals surface area contributed by atoms with Crippen LogP contribution in [0.3, 0.4) is 0 Å². The standard InChI is InChI=1S/C25H27N5O3S/c1-30(2)25-28-20(14-8-4-3-5-9-14)19(24-27-16-10-6-7-11-18(16)34-24)23(29-25)26-17-12-15(13-31)21(32)22(17)33/h3-11,15,17,21-22,31-33H,12-13H2,1-2H3,(H,26,28,29)/t15-,17-,21-,22+/m1/s1. The summed E-state index contributed by atoms with van der Waals surface area (Å²) >= 11 is 1.56. The van der Waals surface area contributed by atoms with Crippen molar-refractivity contribution in [3.8, 4) is 21.8 Å². The van der Waals surface area contributed by atoms with E-state index in [1.165, 1.54) is 0 Å². The highest BCUT2D eigenvalue weighted by Gasteiger charge is 2.41. The predicted molar refractivity (Wildman–Crippen MR) is 135 cm³/mol. The Kier molecular flexibility index (Phi) is 6.18. The number of para-hydroxylation sites is 1. The van der Waals surface area contributed by atoms with Crippen molar-refractivity contribution in [1.29, 1.82) is 0 Å². The lowest BCUT2D eigenvalue weighted by atomic mass is 10.1. The number of thiazole rings is 1. The molecule has 1 saturated carbocycles. The largest absolute Gasteiger partial charge is 0.396 e. The molecule has 1 aliphatic rings. The van der Waals surface area contributed by atoms with E-state index in [1.54, 1.807) is 11.3 Å². The second kappa shape index (κ2) is 9.27. The number of anilines is 2. The molecule has 1 aliphatic carbocycles. The SMILES string of the molecule is CN(C)c1nc(N[C@@H]2C[C@H](CO)[C@@H](O)[C@H]2O)c(-c2nc3ccccc3s2)c(-c2ccccc2)n1. The Morgan fingerprint density at radius 1 is 0.971 bits per heavy atom. The maximum Gasteiger partial charge on any atom is 0.227 e. The van der Waals surface area contributed by atoms with E-state index >= 15 is 0 Å². The van der Waals surface area contributed by atoms with E-state index in [-0.39, 0.29) is 6.61 Å². The number of fused-ring (bicyclic) bond motifs is 1. The molecule has 8 nitrogen and oxygen atoms in total. The van der Waals surface area contributed by atoms with Crippen LogP contribution in [-0.4, -0.2) is 69.2 Å². The summed E-state index contributed by atoms with van der Waals surface area (Å²) in [6.07, 6.45) is -1.62. The van der Waals surface area contributed by atoms with Crippen LogP contribution in [-0.2, 0) is 0 Å². The van der Waals surface area contributed by atoms with Gasteiger partial charge in [-0.2, -0.15) is 4.98 Å². The quantitative estimate of drug-likeness (QED) is 0.335. The molecule has 5 rings (SSSR count). The van der Waals surface area contributed by atoms with E-state index in [1.807, 2.05) is 73.6 Å². The molecule has 0 bridgehead atoms. The summed E-state index contributed by atoms with van der Waals surface area (Å²) in [5, 5.41) is 34.8. The van der Waals surface area contributed by atoms with Gasteiger partial charge in [0, 0.05) is 32.2 Å². The zero-order valence-corrected chi connectivity index (χ0v) is 19.8. The van der Waals surface area contributed by atoms with Gasteiger partial charge in [-0.25, -0.2) is 9.97 Å². The number of benzene rings is 2. The first kappa shape index (κ1) is 22.7. The first-order valence-corrected chi connectivity index (χ1v) is 12.0. The smallest absolute Gasteiger partial charge is 0.227 e. The zero-order chi connectivity index (χ0) is 23.8. The van der Waals surface area contributed by atoms with E-state index < -0.39 is 24.2 Å². The van der Waals surface area contributed by atoms with Gasteiger partial charge in [0.15, 0.2) is 0 Å². The molecule has 4 N–H and O–H groups in total. The van der Waals surface area contributed by atoms with Crippen molar-refractivity contribution in [1.82, 2.24) is 15.0 Å². The van der Waals surface area contributed by atoms with E-state index in [0.717, 1.165) is 32.0 Å². The second-order valence-electron chi connectivity index (χ2n) is 8.75. The van der Waals surface area contributed by atoms with Gasteiger partial charge in [0.1, 0.15) is 16.9 Å². The third kappa shape index (κ3) is 4.12. The molecule has 2 heterocycles. The number of aromatic nitrogens is 3. The highest BCUT2D eigenvalue weighted by molar-refractivity contribution is 7.21. The minimum Gasteiger partial charge on any atom is -0.396 e. The van der Waals surface area contributed by atoms with Crippen LogP contribution in [0.25, 0.3) is 32.0 Å². The van der Waals surface area contributed by atoms with Gasteiger partial charge in [-0.3, -0.25) is 0 Å². The molecule has 2 aromatic carbocycles. The fourth-order valence-electron chi connectivity index (χ4n) is 4.36. The Morgan fingerprint density at radius 3 is 2.38 bits per heavy atom. The normalized spacial score (nSPS) is 22.3. The topological polar surface area (TPSA) is 115 Å². The molecule has 0 amide bonds. The molecule has 9 heteroatoms. The van der Waals surface area contributed by atoms with Gasteiger partial charge in [-0.15, -0.1) is 11.3 Å². The molecule has 1 fully saturated rings. The molecule has 4 aromatic rings. The average molecular weight is 478 g/mol. The van der Waals surface area contributed by atoms with Crippen molar-refractivity contribution in [2.24, 2.45) is 5.92 Å². The third-order valence-corrected chi connectivity index (χ3v) is 7.26. The molecular weight excluding hydrogens is 450 g/mol. The van der Waals surface area contributed by atoms with E-state index in [9.17, 15) is 15.3 Å². The lowest BCUT2D eigenvalue weighted by molar-refractivity contribution is 0.00446. The van der Waals surface area contributed by atoms with Gasteiger partial charge in [-0.05, 0) is 18.6 Å². The summed E-state index contributed by atoms with van der Waals surface area (Å²) in [7, 11) is 3.75. The van der Waals surface area contributed by atoms with Crippen molar-refractivity contribution in [3.63, 3.8) is 0 Å². The molecular formula is C25H27N5O3S. The third-order valence-electron chi connectivity index (χ3n) is 6.21. The fourth-order valence-corrected chi connectivity index (χ4v) is 5.38. The van der Waals surface area contributed by atoms with E-state index in [0.29, 0.717) is 18.2 Å². The molecule has 0 spiro atoms. The van der Waals surface area contributed by atoms with Gasteiger partial charge in [-0.1, -0.05) is 42.5 Å². The number of rotatable bonds is 6. The Labute approximate surface area is 201 Å². The van der Waals surface area contributed by atoms with E-state index in [2.05, 4.69) is 5.32 Å². The minimum atomic E-state index is -1.03. The molecule has 4 atom stereocenters. The average Bonchev–Trinajstić information content (AvgIpc) is 3.40. The van der Waals surface area contributed by atoms with Gasteiger partial charge < -0.3 is 25.5 Å². The molecule has 0 aliphatic heterocycles. The Morgan fingerprint density at radius 2 is 1.71 bits per heavy atom. The summed E-state index contributed by atoms with van der Waals surface area (Å²) in [6.45, 7) is -0.191. The Hall–Kier alpha value is -3.11. The summed E-state index contributed by atoms with van der Waals surface area (Å²) in [5.41, 5.74) is 3.28. The maximum atomic E-state index is 10.7. The second-order valence-corrected chi connectivity index (χ2v) is 9.78. The molecule has 34 heavy (non-hydrogen) atoms. The first-order chi connectivity index (χ1) is 16.5. The summed E-state index contributed by atoms with van der Waals surface area (Å²) in [6, 6.07) is 17.4. The van der Waals surface area contributed by atoms with Gasteiger partial charge in [0.05, 0.1) is 33.6 Å². The van der Waals surface area contributed by atoms with Crippen LogP contribution in [0.15, 0.2) is 54.6 Å². The number of hydrogen-bond acceptors (Lipinski definition) is 9. The molecule has 0 radical (unpaired) electrons. The summed E-state index contributed by atoms with van der Waals surface area (Å²) in [5.74, 6) is 0.645. The number of nitrogens with one attached hydrogen (secondary N) is 1. The monoisotopic (exact) mass is 477 g/mol. The van der Waals surface area contributed by atoms with Crippen LogP contribution in [0, 0.1) is 5.92 Å². The fraction of sp³-hybridized carbons (Fsp3) is 0.320. The number of aliphatic hydroxyl groups excluding tert-OH is 3. The lowest BCUT2D eigenvalue weighted by Crippen LogP contribution is -2.36. The van der Waals surface area contributed by atoms with Crippen LogP contribution >= 0.6 is 11.3 Å². The first-order valence-electron chi connectivity index (χ1n) is 11.2. The number of aliphatic hydroxyl groups is 3. The van der Waals surface area contributed by atoms with Gasteiger partial charge in [0.2, 0.25) is 5.95 Å². The van der Waals surface area contributed by atoms with Gasteiger partial charge in [0.25, 0.3) is 0 Å². The Bertz CT molecular complexity index is 1260. The maximum absolute atomic E-state index is 10.7. The van der Waals surface area contributed by atoms with Crippen molar-refractivity contribution >= 4 is 33.3 Å². The zero-order valence-electron chi connectivity index (χ0n) is 19.0. The van der Waals surface area contributed by atoms with Crippen molar-refractivity contribution in [2.45, 2.75) is 24.7 Å². The van der Waals surface area contributed by atoms with Crippen molar-refractivity contribution in [2.75, 3.05) is 30.9 Å². The van der Waals surface area contributed by atoms with Crippen molar-refractivity contribution in [3.05, 3.63) is 54.6 Å². The Balaban J connectivity index is 1.71. The molecule has 176 valence electrons. The molecule has 2 aromatic heterocycles. The van der Waals surface area contributed by atoms with Crippen LogP contribution in [0.2, 0.25) is 0 Å². The van der Waals surface area contributed by atoms with Crippen molar-refractivity contribution < 1.29 is 15.3 Å². The van der Waals surface area contributed by atoms with Crippen LogP contribution in [0.1, 0.15) is 6.42 Å². The van der Waals surface area contributed by atoms with Crippen LogP contribution in [0.5, 0.6) is 0 Å². The number of hydrogen-bond donors (Lipinski definition) is 4. The minimum absolute atomic E-state index is 0.191. The summed E-state index contributed by atoms with van der Waals surface area (Å²) < 4.78 is 1.05. The lowest BCUT2D eigenvalue weighted by Gasteiger charge is -2.23.